The summed E-state index contributed by atoms with van der Waals surface area (Å²) in [5.41, 5.74) is 4.86. The number of benzene rings is 3. The minimum absolute atomic E-state index is 0.0350. The summed E-state index contributed by atoms with van der Waals surface area (Å²) < 4.78 is 0. The molecular formula is C28H30N2O2. The van der Waals surface area contributed by atoms with Crippen LogP contribution in [-0.2, 0) is 22.4 Å². The summed E-state index contributed by atoms with van der Waals surface area (Å²) in [4.78, 5) is 27.4. The van der Waals surface area contributed by atoms with Crippen LogP contribution in [0.2, 0.25) is 0 Å². The lowest BCUT2D eigenvalue weighted by Crippen LogP contribution is -2.41. The number of carbonyl (C=O) groups is 2. The second-order valence-electron chi connectivity index (χ2n) is 8.29. The van der Waals surface area contributed by atoms with Gasteiger partial charge in [0.15, 0.2) is 0 Å². The summed E-state index contributed by atoms with van der Waals surface area (Å²) in [7, 11) is 0. The minimum Gasteiger partial charge on any atom is -0.356 e. The largest absolute Gasteiger partial charge is 0.356 e. The number of fused-ring (bicyclic) bond motifs is 1. The van der Waals surface area contributed by atoms with Crippen molar-refractivity contribution in [1.82, 2.24) is 10.2 Å². The van der Waals surface area contributed by atoms with Gasteiger partial charge in [0, 0.05) is 25.9 Å². The third-order valence-electron chi connectivity index (χ3n) is 6.09. The zero-order valence-electron chi connectivity index (χ0n) is 18.4. The number of hydrogen-bond acceptors (Lipinski definition) is 2. The maximum Gasteiger partial charge on any atom is 0.223 e. The Labute approximate surface area is 190 Å². The van der Waals surface area contributed by atoms with Gasteiger partial charge in [-0.25, -0.2) is 0 Å². The molecular weight excluding hydrogens is 396 g/mol. The molecule has 0 bridgehead atoms. The molecule has 3 aromatic carbocycles. The van der Waals surface area contributed by atoms with Crippen LogP contribution in [0.3, 0.4) is 0 Å². The summed E-state index contributed by atoms with van der Waals surface area (Å²) in [5, 5.41) is 2.96. The van der Waals surface area contributed by atoms with Gasteiger partial charge in [0.25, 0.3) is 0 Å². The van der Waals surface area contributed by atoms with Crippen molar-refractivity contribution in [2.24, 2.45) is 0 Å². The lowest BCUT2D eigenvalue weighted by atomic mass is 9.88. The molecule has 0 spiro atoms. The van der Waals surface area contributed by atoms with Crippen LogP contribution in [-0.4, -0.2) is 29.8 Å². The summed E-state index contributed by atoms with van der Waals surface area (Å²) >= 11 is 0. The summed E-state index contributed by atoms with van der Waals surface area (Å²) in [6, 6.07) is 28.7. The SMILES string of the molecule is O=C(CCC(=O)N1CCc2ccccc2[C@@H]1c1ccccc1)NCCCc1ccccc1. The molecule has 0 fully saturated rings. The zero-order chi connectivity index (χ0) is 22.2. The van der Waals surface area contributed by atoms with Gasteiger partial charge >= 0.3 is 0 Å². The number of rotatable bonds is 8. The van der Waals surface area contributed by atoms with Gasteiger partial charge in [-0.2, -0.15) is 0 Å². The van der Waals surface area contributed by atoms with E-state index in [1.807, 2.05) is 47.4 Å². The fourth-order valence-corrected chi connectivity index (χ4v) is 4.45. The van der Waals surface area contributed by atoms with Crippen molar-refractivity contribution >= 4 is 11.8 Å². The first-order valence-corrected chi connectivity index (χ1v) is 11.5. The standard InChI is InChI=1S/C28H30N2O2/c31-26(29-20-9-12-22-10-3-1-4-11-22)17-18-27(32)30-21-19-23-13-7-8-16-25(23)28(30)24-14-5-2-6-15-24/h1-8,10-11,13-16,28H,9,12,17-21H2,(H,29,31)/t28-/m0/s1. The molecule has 0 saturated carbocycles. The first-order chi connectivity index (χ1) is 15.7. The van der Waals surface area contributed by atoms with Crippen LogP contribution in [0.1, 0.15) is 47.6 Å². The van der Waals surface area contributed by atoms with E-state index in [4.69, 9.17) is 0 Å². The number of hydrogen-bond donors (Lipinski definition) is 1. The molecule has 0 radical (unpaired) electrons. The third kappa shape index (κ3) is 5.44. The normalized spacial score (nSPS) is 15.1. The molecule has 4 nitrogen and oxygen atoms in total. The molecule has 1 aliphatic heterocycles. The van der Waals surface area contributed by atoms with Crippen molar-refractivity contribution in [1.29, 1.82) is 0 Å². The van der Waals surface area contributed by atoms with Gasteiger partial charge in [0.05, 0.1) is 6.04 Å². The Kier molecular flexibility index (Phi) is 7.34. The van der Waals surface area contributed by atoms with E-state index in [-0.39, 0.29) is 30.7 Å². The quantitative estimate of drug-likeness (QED) is 0.531. The monoisotopic (exact) mass is 426 g/mol. The van der Waals surface area contributed by atoms with Crippen LogP contribution in [0.15, 0.2) is 84.9 Å². The number of nitrogens with one attached hydrogen (secondary N) is 1. The van der Waals surface area contributed by atoms with E-state index in [9.17, 15) is 9.59 Å². The van der Waals surface area contributed by atoms with Gasteiger partial charge in [-0.05, 0) is 41.5 Å². The van der Waals surface area contributed by atoms with E-state index in [0.29, 0.717) is 13.1 Å². The fraction of sp³-hybridized carbons (Fsp3) is 0.286. The van der Waals surface area contributed by atoms with Gasteiger partial charge < -0.3 is 10.2 Å². The maximum absolute atomic E-state index is 13.2. The highest BCUT2D eigenvalue weighted by Gasteiger charge is 2.31. The average Bonchev–Trinajstić information content (AvgIpc) is 2.85. The van der Waals surface area contributed by atoms with E-state index < -0.39 is 0 Å². The smallest absolute Gasteiger partial charge is 0.223 e. The molecule has 164 valence electrons. The highest BCUT2D eigenvalue weighted by Crippen LogP contribution is 2.35. The Bertz CT molecular complexity index is 1030. The van der Waals surface area contributed by atoms with Crippen molar-refractivity contribution in [3.05, 3.63) is 107 Å². The highest BCUT2D eigenvalue weighted by atomic mass is 16.2. The zero-order valence-corrected chi connectivity index (χ0v) is 18.4. The Morgan fingerprint density at radius 2 is 1.53 bits per heavy atom. The van der Waals surface area contributed by atoms with Gasteiger partial charge in [0.2, 0.25) is 11.8 Å². The van der Waals surface area contributed by atoms with Crippen LogP contribution >= 0.6 is 0 Å². The van der Waals surface area contributed by atoms with E-state index >= 15 is 0 Å². The van der Waals surface area contributed by atoms with Crippen LogP contribution in [0, 0.1) is 0 Å². The predicted molar refractivity (Wildman–Crippen MR) is 127 cm³/mol. The first kappa shape index (κ1) is 21.8. The fourth-order valence-electron chi connectivity index (χ4n) is 4.45. The van der Waals surface area contributed by atoms with Crippen LogP contribution in [0.25, 0.3) is 0 Å². The molecule has 32 heavy (non-hydrogen) atoms. The Morgan fingerprint density at radius 1 is 0.844 bits per heavy atom. The highest BCUT2D eigenvalue weighted by molar-refractivity contribution is 5.84. The second kappa shape index (κ2) is 10.8. The maximum atomic E-state index is 13.2. The minimum atomic E-state index is -0.0948. The summed E-state index contributed by atoms with van der Waals surface area (Å²) in [5.74, 6) is -0.0205. The molecule has 0 unspecified atom stereocenters. The van der Waals surface area contributed by atoms with Crippen LogP contribution in [0.4, 0.5) is 0 Å². The van der Waals surface area contributed by atoms with Crippen molar-refractivity contribution in [3.63, 3.8) is 0 Å². The van der Waals surface area contributed by atoms with Gasteiger partial charge in [-0.15, -0.1) is 0 Å². The first-order valence-electron chi connectivity index (χ1n) is 11.5. The van der Waals surface area contributed by atoms with E-state index in [1.165, 1.54) is 16.7 Å². The van der Waals surface area contributed by atoms with E-state index in [2.05, 4.69) is 47.8 Å². The molecule has 2 amide bonds. The van der Waals surface area contributed by atoms with Crippen molar-refractivity contribution in [2.45, 2.75) is 38.1 Å². The van der Waals surface area contributed by atoms with Crippen LogP contribution in [0.5, 0.6) is 0 Å². The summed E-state index contributed by atoms with van der Waals surface area (Å²) in [6.07, 6.45) is 3.13. The van der Waals surface area contributed by atoms with Crippen LogP contribution < -0.4 is 5.32 Å². The third-order valence-corrected chi connectivity index (χ3v) is 6.09. The van der Waals surface area contributed by atoms with E-state index in [1.54, 1.807) is 0 Å². The Hall–Kier alpha value is -3.40. The van der Waals surface area contributed by atoms with Gasteiger partial charge in [-0.1, -0.05) is 84.9 Å². The Morgan fingerprint density at radius 3 is 2.31 bits per heavy atom. The number of carbonyl (C=O) groups excluding carboxylic acids is 2. The Balaban J connectivity index is 1.32. The molecule has 1 N–H and O–H groups in total. The molecule has 0 aromatic heterocycles. The molecule has 1 aliphatic rings. The van der Waals surface area contributed by atoms with Gasteiger partial charge in [0.1, 0.15) is 0 Å². The molecule has 4 heteroatoms. The number of nitrogens with zero attached hydrogens (tertiary/aromatic N) is 1. The second-order valence-corrected chi connectivity index (χ2v) is 8.29. The van der Waals surface area contributed by atoms with Crippen molar-refractivity contribution in [3.8, 4) is 0 Å². The van der Waals surface area contributed by atoms with Crippen molar-refractivity contribution < 1.29 is 9.59 Å². The molecule has 4 rings (SSSR count). The predicted octanol–water partition coefficient (Wildman–Crippen LogP) is 4.69. The number of amides is 2. The molecule has 1 heterocycles. The molecule has 3 aromatic rings. The molecule has 0 aliphatic carbocycles. The molecule has 0 saturated heterocycles. The lowest BCUT2D eigenvalue weighted by molar-refractivity contribution is -0.135. The summed E-state index contributed by atoms with van der Waals surface area (Å²) in [6.45, 7) is 1.31. The molecule has 1 atom stereocenters. The average molecular weight is 427 g/mol. The lowest BCUT2D eigenvalue weighted by Gasteiger charge is -2.38. The number of aryl methyl sites for hydroxylation is 1. The topological polar surface area (TPSA) is 49.4 Å². The van der Waals surface area contributed by atoms with E-state index in [0.717, 1.165) is 24.8 Å². The van der Waals surface area contributed by atoms with Gasteiger partial charge in [-0.3, -0.25) is 9.59 Å². The van der Waals surface area contributed by atoms with Crippen molar-refractivity contribution in [2.75, 3.05) is 13.1 Å².